The van der Waals surface area contributed by atoms with Crippen molar-refractivity contribution in [2.75, 3.05) is 6.54 Å². The normalized spacial score (nSPS) is 23.0. The fourth-order valence-electron chi connectivity index (χ4n) is 3.12. The lowest BCUT2D eigenvalue weighted by atomic mass is 9.82. The zero-order valence-corrected chi connectivity index (χ0v) is 12.1. The summed E-state index contributed by atoms with van der Waals surface area (Å²) in [5.74, 6) is 1.75. The van der Waals surface area contributed by atoms with Crippen LogP contribution < -0.4 is 5.32 Å². The molecule has 0 saturated heterocycles. The molecule has 0 amide bonds. The Labute approximate surface area is 116 Å². The number of aryl methyl sites for hydroxylation is 1. The maximum Gasteiger partial charge on any atom is 0.0991 e. The lowest BCUT2D eigenvalue weighted by Gasteiger charge is -2.27. The third kappa shape index (κ3) is 4.08. The van der Waals surface area contributed by atoms with Gasteiger partial charge in [-0.25, -0.2) is 0 Å². The van der Waals surface area contributed by atoms with Crippen molar-refractivity contribution in [1.29, 1.82) is 5.26 Å². The number of nitrogens with zero attached hydrogens (tertiary/aromatic N) is 1. The van der Waals surface area contributed by atoms with Crippen molar-refractivity contribution < 1.29 is 0 Å². The molecular formula is C17H24N2. The molecule has 19 heavy (non-hydrogen) atoms. The van der Waals surface area contributed by atoms with E-state index in [2.05, 4.69) is 31.3 Å². The third-order valence-corrected chi connectivity index (χ3v) is 4.27. The van der Waals surface area contributed by atoms with Crippen molar-refractivity contribution in [3.8, 4) is 6.07 Å². The van der Waals surface area contributed by atoms with Crippen LogP contribution in [0.3, 0.4) is 0 Å². The average molecular weight is 256 g/mol. The predicted octanol–water partition coefficient (Wildman–Crippen LogP) is 3.78. The Balaban J connectivity index is 1.81. The van der Waals surface area contributed by atoms with Crippen LogP contribution in [-0.4, -0.2) is 6.54 Å². The Morgan fingerprint density at radius 1 is 1.37 bits per heavy atom. The molecule has 1 aromatic carbocycles. The summed E-state index contributed by atoms with van der Waals surface area (Å²) in [6.07, 6.45) is 5.55. The lowest BCUT2D eigenvalue weighted by Crippen LogP contribution is -2.26. The van der Waals surface area contributed by atoms with E-state index in [1.165, 1.54) is 36.8 Å². The lowest BCUT2D eigenvalue weighted by molar-refractivity contribution is 0.274. The van der Waals surface area contributed by atoms with Gasteiger partial charge in [0.05, 0.1) is 11.6 Å². The van der Waals surface area contributed by atoms with Gasteiger partial charge in [-0.15, -0.1) is 0 Å². The van der Waals surface area contributed by atoms with Crippen LogP contribution in [-0.2, 0) is 6.54 Å². The van der Waals surface area contributed by atoms with Gasteiger partial charge < -0.3 is 5.32 Å². The van der Waals surface area contributed by atoms with Gasteiger partial charge in [0.15, 0.2) is 0 Å². The number of hydrogen-bond acceptors (Lipinski definition) is 2. The summed E-state index contributed by atoms with van der Waals surface area (Å²) in [5.41, 5.74) is 3.27. The van der Waals surface area contributed by atoms with Gasteiger partial charge in [-0.2, -0.15) is 5.26 Å². The van der Waals surface area contributed by atoms with Crippen LogP contribution in [0.2, 0.25) is 0 Å². The van der Waals surface area contributed by atoms with Gasteiger partial charge >= 0.3 is 0 Å². The fraction of sp³-hybridized carbons (Fsp3) is 0.588. The Morgan fingerprint density at radius 2 is 2.21 bits per heavy atom. The summed E-state index contributed by atoms with van der Waals surface area (Å²) < 4.78 is 0. The number of benzene rings is 1. The van der Waals surface area contributed by atoms with E-state index in [1.54, 1.807) is 0 Å². The number of nitriles is 1. The van der Waals surface area contributed by atoms with Gasteiger partial charge in [-0.1, -0.05) is 25.8 Å². The first-order valence-electron chi connectivity index (χ1n) is 7.39. The quantitative estimate of drug-likeness (QED) is 0.889. The second-order valence-corrected chi connectivity index (χ2v) is 6.02. The standard InChI is InChI=1S/C17H24N2/c1-13-4-3-5-16(8-13)11-19-12-17-7-6-15(10-18)9-14(17)2/h6-7,9,13,16,19H,3-5,8,11-12H2,1-2H3. The van der Waals surface area contributed by atoms with Gasteiger partial charge in [0.2, 0.25) is 0 Å². The van der Waals surface area contributed by atoms with Crippen molar-refractivity contribution >= 4 is 0 Å². The minimum absolute atomic E-state index is 0.752. The van der Waals surface area contributed by atoms with E-state index in [4.69, 9.17) is 5.26 Å². The van der Waals surface area contributed by atoms with Crippen molar-refractivity contribution in [3.63, 3.8) is 0 Å². The van der Waals surface area contributed by atoms with Gasteiger partial charge in [-0.05, 0) is 61.4 Å². The maximum atomic E-state index is 8.86. The summed E-state index contributed by atoms with van der Waals surface area (Å²) in [5, 5.41) is 12.4. The first-order valence-corrected chi connectivity index (χ1v) is 7.39. The summed E-state index contributed by atoms with van der Waals surface area (Å²) >= 11 is 0. The highest BCUT2D eigenvalue weighted by atomic mass is 14.9. The molecule has 2 nitrogen and oxygen atoms in total. The first-order chi connectivity index (χ1) is 9.19. The van der Waals surface area contributed by atoms with E-state index in [0.29, 0.717) is 0 Å². The predicted molar refractivity (Wildman–Crippen MR) is 78.7 cm³/mol. The van der Waals surface area contributed by atoms with Crippen LogP contribution in [0.1, 0.15) is 49.3 Å². The summed E-state index contributed by atoms with van der Waals surface area (Å²) in [6.45, 7) is 6.50. The molecule has 1 aliphatic rings. The molecule has 2 heteroatoms. The second-order valence-electron chi connectivity index (χ2n) is 6.02. The number of rotatable bonds is 4. The van der Waals surface area contributed by atoms with Crippen molar-refractivity contribution in [3.05, 3.63) is 34.9 Å². The molecule has 2 unspecified atom stereocenters. The van der Waals surface area contributed by atoms with Crippen molar-refractivity contribution in [2.24, 2.45) is 11.8 Å². The smallest absolute Gasteiger partial charge is 0.0991 e. The Bertz CT molecular complexity index is 459. The summed E-state index contributed by atoms with van der Waals surface area (Å²) in [4.78, 5) is 0. The van der Waals surface area contributed by atoms with Crippen LogP contribution in [0.15, 0.2) is 18.2 Å². The van der Waals surface area contributed by atoms with Crippen LogP contribution in [0, 0.1) is 30.1 Å². The summed E-state index contributed by atoms with van der Waals surface area (Å²) in [6, 6.07) is 8.14. The largest absolute Gasteiger partial charge is 0.312 e. The monoisotopic (exact) mass is 256 g/mol. The minimum atomic E-state index is 0.752. The van der Waals surface area contributed by atoms with Crippen LogP contribution in [0.25, 0.3) is 0 Å². The van der Waals surface area contributed by atoms with E-state index in [-0.39, 0.29) is 0 Å². The van der Waals surface area contributed by atoms with Crippen LogP contribution >= 0.6 is 0 Å². The number of hydrogen-bond donors (Lipinski definition) is 1. The highest BCUT2D eigenvalue weighted by Gasteiger charge is 2.18. The van der Waals surface area contributed by atoms with Gasteiger partial charge in [0.25, 0.3) is 0 Å². The molecule has 1 saturated carbocycles. The molecule has 0 radical (unpaired) electrons. The number of nitrogens with one attached hydrogen (secondary N) is 1. The zero-order valence-electron chi connectivity index (χ0n) is 12.1. The minimum Gasteiger partial charge on any atom is -0.312 e. The third-order valence-electron chi connectivity index (χ3n) is 4.27. The fourth-order valence-corrected chi connectivity index (χ4v) is 3.12. The molecule has 0 aromatic heterocycles. The Hall–Kier alpha value is -1.33. The maximum absolute atomic E-state index is 8.86. The molecule has 1 aromatic rings. The molecule has 2 rings (SSSR count). The molecule has 102 valence electrons. The highest BCUT2D eigenvalue weighted by Crippen LogP contribution is 2.28. The zero-order chi connectivity index (χ0) is 13.7. The first kappa shape index (κ1) is 14.1. The van der Waals surface area contributed by atoms with Gasteiger partial charge in [0, 0.05) is 6.54 Å². The molecule has 0 heterocycles. The Kier molecular flexibility index (Phi) is 4.99. The molecule has 0 bridgehead atoms. The Morgan fingerprint density at radius 3 is 2.89 bits per heavy atom. The van der Waals surface area contributed by atoms with Crippen LogP contribution in [0.4, 0.5) is 0 Å². The molecular weight excluding hydrogens is 232 g/mol. The second kappa shape index (κ2) is 6.73. The van der Waals surface area contributed by atoms with E-state index < -0.39 is 0 Å². The molecule has 1 fully saturated rings. The SMILES string of the molecule is Cc1cc(C#N)ccc1CNCC1CCCC(C)C1. The van der Waals surface area contributed by atoms with E-state index >= 15 is 0 Å². The summed E-state index contributed by atoms with van der Waals surface area (Å²) in [7, 11) is 0. The average Bonchev–Trinajstić information content (AvgIpc) is 2.40. The van der Waals surface area contributed by atoms with Crippen molar-refractivity contribution in [2.45, 2.75) is 46.1 Å². The molecule has 1 N–H and O–H groups in total. The molecule has 0 aliphatic heterocycles. The van der Waals surface area contributed by atoms with E-state index in [1.807, 2.05) is 12.1 Å². The molecule has 0 spiro atoms. The van der Waals surface area contributed by atoms with E-state index in [0.717, 1.165) is 30.5 Å². The molecule has 2 atom stereocenters. The highest BCUT2D eigenvalue weighted by molar-refractivity contribution is 5.37. The van der Waals surface area contributed by atoms with E-state index in [9.17, 15) is 0 Å². The van der Waals surface area contributed by atoms with Gasteiger partial charge in [-0.3, -0.25) is 0 Å². The topological polar surface area (TPSA) is 35.8 Å². The van der Waals surface area contributed by atoms with Crippen LogP contribution in [0.5, 0.6) is 0 Å². The molecule has 1 aliphatic carbocycles. The van der Waals surface area contributed by atoms with Crippen molar-refractivity contribution in [1.82, 2.24) is 5.32 Å². The van der Waals surface area contributed by atoms with Gasteiger partial charge in [0.1, 0.15) is 0 Å².